The highest BCUT2D eigenvalue weighted by molar-refractivity contribution is 7.99. The lowest BCUT2D eigenvalue weighted by molar-refractivity contribution is 0.498. The van der Waals surface area contributed by atoms with E-state index in [2.05, 4.69) is 46.8 Å². The Hall–Kier alpha value is -0.480. The maximum absolute atomic E-state index is 4.48. The summed E-state index contributed by atoms with van der Waals surface area (Å²) in [7, 11) is 0. The average Bonchev–Trinajstić information content (AvgIpc) is 3.11. The SMILES string of the molecule is CCCNC(CSC1CCCC1)c1ccnn1CCC. The van der Waals surface area contributed by atoms with Gasteiger partial charge in [0.1, 0.15) is 0 Å². The van der Waals surface area contributed by atoms with Crippen LogP contribution in [0.25, 0.3) is 0 Å². The van der Waals surface area contributed by atoms with Crippen molar-refractivity contribution < 1.29 is 0 Å². The van der Waals surface area contributed by atoms with E-state index in [9.17, 15) is 0 Å². The van der Waals surface area contributed by atoms with Crippen molar-refractivity contribution in [3.05, 3.63) is 18.0 Å². The van der Waals surface area contributed by atoms with Crippen molar-refractivity contribution in [1.29, 1.82) is 0 Å². The van der Waals surface area contributed by atoms with Crippen LogP contribution in [0.2, 0.25) is 0 Å². The minimum Gasteiger partial charge on any atom is -0.308 e. The minimum absolute atomic E-state index is 0.453. The molecule has 0 radical (unpaired) electrons. The van der Waals surface area contributed by atoms with Crippen LogP contribution in [0.15, 0.2) is 12.3 Å². The summed E-state index contributed by atoms with van der Waals surface area (Å²) in [6.07, 6.45) is 9.97. The highest BCUT2D eigenvalue weighted by Gasteiger charge is 2.20. The largest absolute Gasteiger partial charge is 0.308 e. The predicted molar refractivity (Wildman–Crippen MR) is 88.3 cm³/mol. The predicted octanol–water partition coefficient (Wildman–Crippen LogP) is 4.01. The Kier molecular flexibility index (Phi) is 6.94. The molecule has 0 amide bonds. The van der Waals surface area contributed by atoms with Gasteiger partial charge >= 0.3 is 0 Å². The monoisotopic (exact) mass is 295 g/mol. The molecule has 114 valence electrons. The van der Waals surface area contributed by atoms with E-state index in [0.717, 1.165) is 24.8 Å². The molecule has 1 aliphatic rings. The standard InChI is InChI=1S/C16H29N3S/c1-3-10-17-15(13-20-14-7-5-6-8-14)16-9-11-18-19(16)12-4-2/h9,11,14-15,17H,3-8,10,12-13H2,1-2H3. The highest BCUT2D eigenvalue weighted by Crippen LogP contribution is 2.32. The summed E-state index contributed by atoms with van der Waals surface area (Å²) >= 11 is 2.16. The third-order valence-electron chi connectivity index (χ3n) is 3.98. The van der Waals surface area contributed by atoms with Crippen LogP contribution in [0.1, 0.15) is 64.1 Å². The lowest BCUT2D eigenvalue weighted by atomic mass is 10.2. The van der Waals surface area contributed by atoms with Gasteiger partial charge in [0.15, 0.2) is 0 Å². The molecule has 1 aromatic heterocycles. The van der Waals surface area contributed by atoms with Gasteiger partial charge in [-0.15, -0.1) is 0 Å². The Morgan fingerprint density at radius 3 is 2.85 bits per heavy atom. The molecule has 0 saturated heterocycles. The lowest BCUT2D eigenvalue weighted by Crippen LogP contribution is -2.27. The molecule has 1 fully saturated rings. The smallest absolute Gasteiger partial charge is 0.0583 e. The third kappa shape index (κ3) is 4.52. The molecule has 4 heteroatoms. The van der Waals surface area contributed by atoms with Crippen molar-refractivity contribution in [1.82, 2.24) is 15.1 Å². The fourth-order valence-corrected chi connectivity index (χ4v) is 4.31. The molecule has 0 spiro atoms. The summed E-state index contributed by atoms with van der Waals surface area (Å²) in [5.41, 5.74) is 1.37. The van der Waals surface area contributed by atoms with Crippen LogP contribution in [0.4, 0.5) is 0 Å². The van der Waals surface area contributed by atoms with Crippen LogP contribution in [-0.4, -0.2) is 27.3 Å². The van der Waals surface area contributed by atoms with Crippen LogP contribution in [0.3, 0.4) is 0 Å². The molecule has 1 atom stereocenters. The molecule has 1 unspecified atom stereocenters. The van der Waals surface area contributed by atoms with Gasteiger partial charge in [-0.2, -0.15) is 16.9 Å². The van der Waals surface area contributed by atoms with E-state index in [4.69, 9.17) is 0 Å². The normalized spacial score (nSPS) is 17.7. The van der Waals surface area contributed by atoms with Gasteiger partial charge in [0.2, 0.25) is 0 Å². The van der Waals surface area contributed by atoms with Crippen molar-refractivity contribution in [3.63, 3.8) is 0 Å². The number of nitrogens with one attached hydrogen (secondary N) is 1. The van der Waals surface area contributed by atoms with Crippen LogP contribution >= 0.6 is 11.8 Å². The van der Waals surface area contributed by atoms with Crippen molar-refractivity contribution in [2.45, 2.75) is 70.2 Å². The zero-order chi connectivity index (χ0) is 14.2. The zero-order valence-electron chi connectivity index (χ0n) is 13.0. The van der Waals surface area contributed by atoms with E-state index in [-0.39, 0.29) is 0 Å². The van der Waals surface area contributed by atoms with Crippen molar-refractivity contribution in [2.24, 2.45) is 0 Å². The van der Waals surface area contributed by atoms with Gasteiger partial charge in [-0.05, 0) is 38.3 Å². The molecule has 2 rings (SSSR count). The molecular weight excluding hydrogens is 266 g/mol. The highest BCUT2D eigenvalue weighted by atomic mass is 32.2. The Morgan fingerprint density at radius 1 is 1.35 bits per heavy atom. The van der Waals surface area contributed by atoms with Gasteiger partial charge in [-0.25, -0.2) is 0 Å². The second kappa shape index (κ2) is 8.73. The van der Waals surface area contributed by atoms with Gasteiger partial charge in [0.25, 0.3) is 0 Å². The molecule has 0 aliphatic heterocycles. The molecule has 1 saturated carbocycles. The van der Waals surface area contributed by atoms with Gasteiger partial charge < -0.3 is 5.32 Å². The van der Waals surface area contributed by atoms with Gasteiger partial charge in [0, 0.05) is 23.7 Å². The first-order chi connectivity index (χ1) is 9.85. The molecule has 20 heavy (non-hydrogen) atoms. The number of nitrogens with zero attached hydrogens (tertiary/aromatic N) is 2. The van der Waals surface area contributed by atoms with Crippen molar-refractivity contribution in [2.75, 3.05) is 12.3 Å². The first-order valence-corrected chi connectivity index (χ1v) is 9.26. The molecular formula is C16H29N3S. The van der Waals surface area contributed by atoms with Gasteiger partial charge in [0.05, 0.1) is 11.7 Å². The third-order valence-corrected chi connectivity index (χ3v) is 5.45. The van der Waals surface area contributed by atoms with E-state index in [1.165, 1.54) is 43.6 Å². The van der Waals surface area contributed by atoms with E-state index in [1.807, 2.05) is 6.20 Å². The first kappa shape index (κ1) is 15.9. The van der Waals surface area contributed by atoms with Gasteiger partial charge in [-0.3, -0.25) is 4.68 Å². The number of thioether (sulfide) groups is 1. The summed E-state index contributed by atoms with van der Waals surface area (Å²) < 4.78 is 2.18. The van der Waals surface area contributed by atoms with E-state index in [0.29, 0.717) is 6.04 Å². The Morgan fingerprint density at radius 2 is 2.15 bits per heavy atom. The molecule has 1 heterocycles. The van der Waals surface area contributed by atoms with E-state index in [1.54, 1.807) is 0 Å². The number of aryl methyl sites for hydroxylation is 1. The minimum atomic E-state index is 0.453. The fourth-order valence-electron chi connectivity index (χ4n) is 2.89. The molecule has 0 bridgehead atoms. The second-order valence-corrected chi connectivity index (χ2v) is 7.06. The summed E-state index contributed by atoms with van der Waals surface area (Å²) in [5.74, 6) is 1.18. The second-order valence-electron chi connectivity index (χ2n) is 5.73. The van der Waals surface area contributed by atoms with Crippen molar-refractivity contribution in [3.8, 4) is 0 Å². The molecule has 3 nitrogen and oxygen atoms in total. The topological polar surface area (TPSA) is 29.9 Å². The summed E-state index contributed by atoms with van der Waals surface area (Å²) in [4.78, 5) is 0. The van der Waals surface area contributed by atoms with Crippen LogP contribution < -0.4 is 5.32 Å². The first-order valence-electron chi connectivity index (χ1n) is 8.21. The van der Waals surface area contributed by atoms with E-state index < -0.39 is 0 Å². The quantitative estimate of drug-likeness (QED) is 0.746. The molecule has 1 N–H and O–H groups in total. The Balaban J connectivity index is 1.95. The van der Waals surface area contributed by atoms with Gasteiger partial charge in [-0.1, -0.05) is 26.7 Å². The van der Waals surface area contributed by atoms with Crippen molar-refractivity contribution >= 4 is 11.8 Å². The molecule has 0 aromatic carbocycles. The maximum Gasteiger partial charge on any atom is 0.0583 e. The van der Waals surface area contributed by atoms with Crippen LogP contribution in [-0.2, 0) is 6.54 Å². The lowest BCUT2D eigenvalue weighted by Gasteiger charge is -2.21. The fraction of sp³-hybridized carbons (Fsp3) is 0.812. The summed E-state index contributed by atoms with van der Waals surface area (Å²) in [5, 5.41) is 9.09. The number of hydrogen-bond acceptors (Lipinski definition) is 3. The average molecular weight is 295 g/mol. The number of rotatable bonds is 9. The summed E-state index contributed by atoms with van der Waals surface area (Å²) in [6.45, 7) is 6.57. The number of hydrogen-bond donors (Lipinski definition) is 1. The van der Waals surface area contributed by atoms with E-state index >= 15 is 0 Å². The number of aromatic nitrogens is 2. The zero-order valence-corrected chi connectivity index (χ0v) is 13.8. The molecule has 1 aliphatic carbocycles. The maximum atomic E-state index is 4.48. The molecule has 1 aromatic rings. The Labute approximate surface area is 127 Å². The Bertz CT molecular complexity index is 372. The van der Waals surface area contributed by atoms with Crippen LogP contribution in [0, 0.1) is 0 Å². The van der Waals surface area contributed by atoms with Crippen LogP contribution in [0.5, 0.6) is 0 Å². The summed E-state index contributed by atoms with van der Waals surface area (Å²) in [6, 6.07) is 2.65.